The van der Waals surface area contributed by atoms with E-state index in [-0.39, 0.29) is 11.9 Å². The van der Waals surface area contributed by atoms with Crippen LogP contribution in [-0.4, -0.2) is 20.9 Å². The Morgan fingerprint density at radius 1 is 1.09 bits per heavy atom. The molecule has 0 saturated heterocycles. The molecular weight excluding hydrogens is 288 g/mol. The zero-order chi connectivity index (χ0) is 16.6. The fraction of sp³-hybridized carbons (Fsp3) is 0.278. The Hall–Kier alpha value is -2.69. The van der Waals surface area contributed by atoms with Crippen molar-refractivity contribution in [3.63, 3.8) is 0 Å². The number of aryl methyl sites for hydroxylation is 2. The van der Waals surface area contributed by atoms with Crippen LogP contribution in [0.3, 0.4) is 0 Å². The van der Waals surface area contributed by atoms with Gasteiger partial charge in [-0.05, 0) is 69.2 Å². The number of hydrogen-bond donors (Lipinski definition) is 1. The van der Waals surface area contributed by atoms with Gasteiger partial charge in [-0.1, -0.05) is 11.3 Å². The Morgan fingerprint density at radius 3 is 2.43 bits per heavy atom. The average Bonchev–Trinajstić information content (AvgIpc) is 2.89. The first kappa shape index (κ1) is 15.2. The summed E-state index contributed by atoms with van der Waals surface area (Å²) < 4.78 is 1.85. The molecule has 0 aliphatic rings. The zero-order valence-corrected chi connectivity index (χ0v) is 13.8. The average molecular weight is 308 g/mol. The zero-order valence-electron chi connectivity index (χ0n) is 13.8. The van der Waals surface area contributed by atoms with E-state index in [1.54, 1.807) is 6.07 Å². The topological polar surface area (TPSA) is 59.8 Å². The van der Waals surface area contributed by atoms with Gasteiger partial charge in [0.05, 0.1) is 5.52 Å². The molecule has 0 saturated carbocycles. The van der Waals surface area contributed by atoms with Gasteiger partial charge in [-0.25, -0.2) is 4.68 Å². The summed E-state index contributed by atoms with van der Waals surface area (Å²) in [6, 6.07) is 11.7. The van der Waals surface area contributed by atoms with E-state index in [0.29, 0.717) is 5.56 Å². The molecule has 5 nitrogen and oxygen atoms in total. The molecule has 0 atom stereocenters. The summed E-state index contributed by atoms with van der Waals surface area (Å²) in [4.78, 5) is 12.5. The summed E-state index contributed by atoms with van der Waals surface area (Å²) >= 11 is 0. The summed E-state index contributed by atoms with van der Waals surface area (Å²) in [5.74, 6) is -0.143. The molecule has 0 radical (unpaired) electrons. The number of carbonyl (C=O) groups is 1. The van der Waals surface area contributed by atoms with Crippen LogP contribution in [0.1, 0.15) is 41.4 Å². The van der Waals surface area contributed by atoms with Crippen molar-refractivity contribution in [3.8, 4) is 0 Å². The van der Waals surface area contributed by atoms with Crippen LogP contribution in [-0.2, 0) is 0 Å². The van der Waals surface area contributed by atoms with Gasteiger partial charge in [-0.3, -0.25) is 4.79 Å². The van der Waals surface area contributed by atoms with Crippen molar-refractivity contribution < 1.29 is 4.79 Å². The lowest BCUT2D eigenvalue weighted by Gasteiger charge is -2.08. The van der Waals surface area contributed by atoms with E-state index in [1.807, 2.05) is 42.8 Å². The number of fused-ring (bicyclic) bond motifs is 1. The smallest absolute Gasteiger partial charge is 0.255 e. The highest BCUT2D eigenvalue weighted by atomic mass is 16.1. The molecule has 2 aromatic carbocycles. The molecule has 5 heteroatoms. The standard InChI is InChI=1S/C18H20N4O/c1-11(2)22-17-6-5-14(10-16(17)20-21-22)18(23)19-15-8-12(3)7-13(4)9-15/h5-11H,1-4H3,(H,19,23). The minimum Gasteiger partial charge on any atom is -0.322 e. The van der Waals surface area contributed by atoms with Crippen LogP contribution in [0.25, 0.3) is 11.0 Å². The monoisotopic (exact) mass is 308 g/mol. The minimum atomic E-state index is -0.143. The van der Waals surface area contributed by atoms with Crippen molar-refractivity contribution in [2.45, 2.75) is 33.7 Å². The third-order valence-corrected chi connectivity index (χ3v) is 3.70. The van der Waals surface area contributed by atoms with Gasteiger partial charge in [-0.15, -0.1) is 5.10 Å². The summed E-state index contributed by atoms with van der Waals surface area (Å²) in [5, 5.41) is 11.2. The predicted molar refractivity (Wildman–Crippen MR) is 91.8 cm³/mol. The van der Waals surface area contributed by atoms with Gasteiger partial charge in [0.2, 0.25) is 0 Å². The van der Waals surface area contributed by atoms with E-state index >= 15 is 0 Å². The van der Waals surface area contributed by atoms with Crippen molar-refractivity contribution >= 4 is 22.6 Å². The molecule has 1 aromatic heterocycles. The number of aromatic nitrogens is 3. The van der Waals surface area contributed by atoms with Gasteiger partial charge in [0.1, 0.15) is 5.52 Å². The second-order valence-electron chi connectivity index (χ2n) is 6.16. The molecule has 118 valence electrons. The highest BCUT2D eigenvalue weighted by Crippen LogP contribution is 2.19. The SMILES string of the molecule is Cc1cc(C)cc(NC(=O)c2ccc3c(c2)nnn3C(C)C)c1. The second-order valence-corrected chi connectivity index (χ2v) is 6.16. The Bertz CT molecular complexity index is 860. The summed E-state index contributed by atoms with van der Waals surface area (Å²) in [6.07, 6.45) is 0. The second kappa shape index (κ2) is 5.83. The Balaban J connectivity index is 1.89. The van der Waals surface area contributed by atoms with Crippen LogP contribution < -0.4 is 5.32 Å². The molecule has 3 rings (SSSR count). The predicted octanol–water partition coefficient (Wildman–Crippen LogP) is 3.88. The van der Waals surface area contributed by atoms with Gasteiger partial charge in [0.25, 0.3) is 5.91 Å². The van der Waals surface area contributed by atoms with Crippen molar-refractivity contribution in [3.05, 3.63) is 53.1 Å². The fourth-order valence-electron chi connectivity index (χ4n) is 2.71. The lowest BCUT2D eigenvalue weighted by atomic mass is 10.1. The molecular formula is C18H20N4O. The van der Waals surface area contributed by atoms with Crippen molar-refractivity contribution in [2.75, 3.05) is 5.32 Å². The maximum atomic E-state index is 12.5. The van der Waals surface area contributed by atoms with Crippen LogP contribution >= 0.6 is 0 Å². The molecule has 0 unspecified atom stereocenters. The van der Waals surface area contributed by atoms with E-state index in [2.05, 4.69) is 35.5 Å². The highest BCUT2D eigenvalue weighted by molar-refractivity contribution is 6.05. The first-order valence-electron chi connectivity index (χ1n) is 7.68. The highest BCUT2D eigenvalue weighted by Gasteiger charge is 2.12. The number of hydrogen-bond acceptors (Lipinski definition) is 3. The molecule has 23 heavy (non-hydrogen) atoms. The van der Waals surface area contributed by atoms with E-state index in [0.717, 1.165) is 27.8 Å². The maximum Gasteiger partial charge on any atom is 0.255 e. The van der Waals surface area contributed by atoms with Gasteiger partial charge in [0.15, 0.2) is 0 Å². The first-order valence-corrected chi connectivity index (χ1v) is 7.68. The van der Waals surface area contributed by atoms with E-state index < -0.39 is 0 Å². The van der Waals surface area contributed by atoms with Crippen LogP contribution in [0, 0.1) is 13.8 Å². The quantitative estimate of drug-likeness (QED) is 0.798. The lowest BCUT2D eigenvalue weighted by molar-refractivity contribution is 0.102. The van der Waals surface area contributed by atoms with E-state index in [9.17, 15) is 4.79 Å². The fourth-order valence-corrected chi connectivity index (χ4v) is 2.71. The summed E-state index contributed by atoms with van der Waals surface area (Å²) in [5.41, 5.74) is 5.28. The third-order valence-electron chi connectivity index (χ3n) is 3.70. The first-order chi connectivity index (χ1) is 10.9. The van der Waals surface area contributed by atoms with Gasteiger partial charge in [0, 0.05) is 17.3 Å². The van der Waals surface area contributed by atoms with Crippen LogP contribution in [0.15, 0.2) is 36.4 Å². The van der Waals surface area contributed by atoms with Gasteiger partial charge in [-0.2, -0.15) is 0 Å². The Labute approximate surface area is 135 Å². The van der Waals surface area contributed by atoms with Gasteiger partial charge < -0.3 is 5.32 Å². The molecule has 0 bridgehead atoms. The number of amides is 1. The molecule has 1 amide bonds. The number of nitrogens with zero attached hydrogens (tertiary/aromatic N) is 3. The van der Waals surface area contributed by atoms with Crippen LogP contribution in [0.4, 0.5) is 5.69 Å². The molecule has 0 spiro atoms. The third kappa shape index (κ3) is 3.08. The maximum absolute atomic E-state index is 12.5. The summed E-state index contributed by atoms with van der Waals surface area (Å²) in [7, 11) is 0. The van der Waals surface area contributed by atoms with Gasteiger partial charge >= 0.3 is 0 Å². The van der Waals surface area contributed by atoms with Crippen molar-refractivity contribution in [2.24, 2.45) is 0 Å². The molecule has 1 N–H and O–H groups in total. The largest absolute Gasteiger partial charge is 0.322 e. The minimum absolute atomic E-state index is 0.143. The number of anilines is 1. The van der Waals surface area contributed by atoms with Crippen molar-refractivity contribution in [1.82, 2.24) is 15.0 Å². The molecule has 3 aromatic rings. The number of benzene rings is 2. The lowest BCUT2D eigenvalue weighted by Crippen LogP contribution is -2.12. The Morgan fingerprint density at radius 2 is 1.78 bits per heavy atom. The molecule has 1 heterocycles. The molecule has 0 aliphatic carbocycles. The summed E-state index contributed by atoms with van der Waals surface area (Å²) in [6.45, 7) is 8.13. The number of nitrogens with one attached hydrogen (secondary N) is 1. The molecule has 0 aliphatic heterocycles. The van der Waals surface area contributed by atoms with E-state index in [1.165, 1.54) is 0 Å². The van der Waals surface area contributed by atoms with Crippen LogP contribution in [0.5, 0.6) is 0 Å². The molecule has 0 fully saturated rings. The Kier molecular flexibility index (Phi) is 3.86. The number of rotatable bonds is 3. The van der Waals surface area contributed by atoms with E-state index in [4.69, 9.17) is 0 Å². The number of carbonyl (C=O) groups excluding carboxylic acids is 1. The van der Waals surface area contributed by atoms with Crippen LogP contribution in [0.2, 0.25) is 0 Å². The normalized spacial score (nSPS) is 11.2. The van der Waals surface area contributed by atoms with Crippen molar-refractivity contribution in [1.29, 1.82) is 0 Å².